The predicted molar refractivity (Wildman–Crippen MR) is 47.4 cm³/mol. The van der Waals surface area contributed by atoms with E-state index in [4.69, 9.17) is 0 Å². The van der Waals surface area contributed by atoms with Crippen molar-refractivity contribution in [1.82, 2.24) is 0 Å². The molecule has 1 nitrogen and oxygen atoms in total. The SMILES string of the molecule is CC/C=C/N=CC(C)CC. The minimum atomic E-state index is 0.613. The highest BCUT2D eigenvalue weighted by Crippen LogP contribution is 1.95. The molecule has 0 radical (unpaired) electrons. The zero-order chi connectivity index (χ0) is 7.82. The summed E-state index contributed by atoms with van der Waals surface area (Å²) in [4.78, 5) is 4.13. The van der Waals surface area contributed by atoms with E-state index in [-0.39, 0.29) is 0 Å². The summed E-state index contributed by atoms with van der Waals surface area (Å²) < 4.78 is 0. The molecule has 0 saturated carbocycles. The molecule has 0 aromatic carbocycles. The summed E-state index contributed by atoms with van der Waals surface area (Å²) in [5, 5.41) is 0. The second kappa shape index (κ2) is 6.53. The summed E-state index contributed by atoms with van der Waals surface area (Å²) in [5.74, 6) is 0.613. The quantitative estimate of drug-likeness (QED) is 0.531. The average molecular weight is 139 g/mol. The van der Waals surface area contributed by atoms with Crippen LogP contribution >= 0.6 is 0 Å². The molecule has 0 aromatic rings. The van der Waals surface area contributed by atoms with Crippen LogP contribution in [0.2, 0.25) is 0 Å². The third-order valence-electron chi connectivity index (χ3n) is 1.41. The highest BCUT2D eigenvalue weighted by molar-refractivity contribution is 5.60. The molecular formula is C9H17N. The van der Waals surface area contributed by atoms with Gasteiger partial charge in [-0.1, -0.05) is 26.8 Å². The van der Waals surface area contributed by atoms with E-state index in [0.717, 1.165) is 6.42 Å². The minimum absolute atomic E-state index is 0.613. The third-order valence-corrected chi connectivity index (χ3v) is 1.41. The van der Waals surface area contributed by atoms with Crippen LogP contribution in [-0.4, -0.2) is 6.21 Å². The van der Waals surface area contributed by atoms with E-state index in [2.05, 4.69) is 31.8 Å². The van der Waals surface area contributed by atoms with Crippen LogP contribution in [0.4, 0.5) is 0 Å². The van der Waals surface area contributed by atoms with Crippen molar-refractivity contribution in [3.63, 3.8) is 0 Å². The molecule has 0 aliphatic heterocycles. The van der Waals surface area contributed by atoms with Crippen LogP contribution in [0, 0.1) is 5.92 Å². The van der Waals surface area contributed by atoms with E-state index in [9.17, 15) is 0 Å². The molecule has 1 atom stereocenters. The van der Waals surface area contributed by atoms with E-state index < -0.39 is 0 Å². The third kappa shape index (κ3) is 5.54. The lowest BCUT2D eigenvalue weighted by molar-refractivity contribution is 0.754. The monoisotopic (exact) mass is 139 g/mol. The first-order valence-corrected chi connectivity index (χ1v) is 3.99. The van der Waals surface area contributed by atoms with Gasteiger partial charge in [-0.15, -0.1) is 0 Å². The van der Waals surface area contributed by atoms with Crippen LogP contribution in [0.25, 0.3) is 0 Å². The van der Waals surface area contributed by atoms with E-state index in [1.54, 1.807) is 0 Å². The second-order valence-corrected chi connectivity index (χ2v) is 2.48. The van der Waals surface area contributed by atoms with Crippen LogP contribution in [0.15, 0.2) is 17.3 Å². The fourth-order valence-electron chi connectivity index (χ4n) is 0.468. The minimum Gasteiger partial charge on any atom is -0.269 e. The molecule has 58 valence electrons. The number of nitrogens with zero attached hydrogens (tertiary/aromatic N) is 1. The Balaban J connectivity index is 3.44. The van der Waals surface area contributed by atoms with Crippen LogP contribution in [0.3, 0.4) is 0 Å². The Morgan fingerprint density at radius 2 is 2.10 bits per heavy atom. The van der Waals surface area contributed by atoms with E-state index >= 15 is 0 Å². The largest absolute Gasteiger partial charge is 0.269 e. The summed E-state index contributed by atoms with van der Waals surface area (Å²) in [6, 6.07) is 0. The first-order valence-electron chi connectivity index (χ1n) is 3.99. The first kappa shape index (κ1) is 9.41. The predicted octanol–water partition coefficient (Wildman–Crippen LogP) is 3.03. The average Bonchev–Trinajstić information content (AvgIpc) is 1.98. The molecule has 1 heteroatoms. The van der Waals surface area contributed by atoms with Gasteiger partial charge < -0.3 is 0 Å². The van der Waals surface area contributed by atoms with Gasteiger partial charge in [0.25, 0.3) is 0 Å². The van der Waals surface area contributed by atoms with Crippen molar-refractivity contribution in [1.29, 1.82) is 0 Å². The Kier molecular flexibility index (Phi) is 6.14. The molecule has 0 bridgehead atoms. The van der Waals surface area contributed by atoms with Gasteiger partial charge in [0.05, 0.1) is 0 Å². The second-order valence-electron chi connectivity index (χ2n) is 2.48. The lowest BCUT2D eigenvalue weighted by Gasteiger charge is -1.95. The number of aliphatic imine (C=N–C) groups is 1. The summed E-state index contributed by atoms with van der Waals surface area (Å²) in [7, 11) is 0. The molecule has 0 saturated heterocycles. The Hall–Kier alpha value is -0.590. The van der Waals surface area contributed by atoms with Crippen molar-refractivity contribution in [2.45, 2.75) is 33.6 Å². The van der Waals surface area contributed by atoms with Gasteiger partial charge in [0.1, 0.15) is 0 Å². The number of hydrogen-bond donors (Lipinski definition) is 0. The van der Waals surface area contributed by atoms with Gasteiger partial charge in [-0.3, -0.25) is 4.99 Å². The molecule has 0 aliphatic carbocycles. The normalized spacial score (nSPS) is 15.1. The fourth-order valence-corrected chi connectivity index (χ4v) is 0.468. The molecule has 1 unspecified atom stereocenters. The number of rotatable bonds is 4. The van der Waals surface area contributed by atoms with Crippen LogP contribution in [0.5, 0.6) is 0 Å². The maximum Gasteiger partial charge on any atom is 0.0223 e. The Labute approximate surface area is 63.9 Å². The van der Waals surface area contributed by atoms with Crippen LogP contribution in [0.1, 0.15) is 33.6 Å². The summed E-state index contributed by atoms with van der Waals surface area (Å²) in [5.41, 5.74) is 0. The molecule has 0 amide bonds. The van der Waals surface area contributed by atoms with Crippen LogP contribution < -0.4 is 0 Å². The molecule has 0 spiro atoms. The molecule has 0 rings (SSSR count). The molecular weight excluding hydrogens is 122 g/mol. The van der Waals surface area contributed by atoms with Gasteiger partial charge in [0, 0.05) is 12.4 Å². The molecule has 0 aromatic heterocycles. The van der Waals surface area contributed by atoms with Crippen molar-refractivity contribution < 1.29 is 0 Å². The van der Waals surface area contributed by atoms with Gasteiger partial charge in [-0.05, 0) is 18.8 Å². The standard InChI is InChI=1S/C9H17N/c1-4-6-7-10-8-9(3)5-2/h6-9H,4-5H2,1-3H3/b7-6+,10-8?. The van der Waals surface area contributed by atoms with E-state index in [0.29, 0.717) is 5.92 Å². The zero-order valence-electron chi connectivity index (χ0n) is 7.17. The molecule has 0 aliphatic rings. The summed E-state index contributed by atoms with van der Waals surface area (Å²) >= 11 is 0. The highest BCUT2D eigenvalue weighted by atomic mass is 14.7. The Morgan fingerprint density at radius 1 is 1.40 bits per heavy atom. The maximum absolute atomic E-state index is 4.13. The van der Waals surface area contributed by atoms with Crippen LogP contribution in [-0.2, 0) is 0 Å². The van der Waals surface area contributed by atoms with Gasteiger partial charge in [0.15, 0.2) is 0 Å². The smallest absolute Gasteiger partial charge is 0.0223 e. The van der Waals surface area contributed by atoms with Gasteiger partial charge in [-0.25, -0.2) is 0 Å². The maximum atomic E-state index is 4.13. The number of allylic oxidation sites excluding steroid dienone is 1. The van der Waals surface area contributed by atoms with Gasteiger partial charge in [0.2, 0.25) is 0 Å². The Bertz CT molecular complexity index is 114. The molecule has 10 heavy (non-hydrogen) atoms. The molecule has 0 heterocycles. The van der Waals surface area contributed by atoms with Crippen molar-refractivity contribution >= 4 is 6.21 Å². The summed E-state index contributed by atoms with van der Waals surface area (Å²) in [6.07, 6.45) is 8.15. The molecule has 0 fully saturated rings. The first-order chi connectivity index (χ1) is 4.81. The lowest BCUT2D eigenvalue weighted by atomic mass is 10.1. The Morgan fingerprint density at radius 3 is 2.60 bits per heavy atom. The van der Waals surface area contributed by atoms with Gasteiger partial charge >= 0.3 is 0 Å². The van der Waals surface area contributed by atoms with E-state index in [1.165, 1.54) is 6.42 Å². The van der Waals surface area contributed by atoms with Gasteiger partial charge in [-0.2, -0.15) is 0 Å². The highest BCUT2D eigenvalue weighted by Gasteiger charge is 1.88. The number of hydrogen-bond acceptors (Lipinski definition) is 1. The van der Waals surface area contributed by atoms with Crippen molar-refractivity contribution in [3.05, 3.63) is 12.3 Å². The van der Waals surface area contributed by atoms with Crippen molar-refractivity contribution in [2.24, 2.45) is 10.9 Å². The molecule has 0 N–H and O–H groups in total. The van der Waals surface area contributed by atoms with E-state index in [1.807, 2.05) is 12.4 Å². The lowest BCUT2D eigenvalue weighted by Crippen LogP contribution is -1.90. The fraction of sp³-hybridized carbons (Fsp3) is 0.667. The topological polar surface area (TPSA) is 12.4 Å². The van der Waals surface area contributed by atoms with Crippen molar-refractivity contribution in [3.8, 4) is 0 Å². The zero-order valence-corrected chi connectivity index (χ0v) is 7.17. The van der Waals surface area contributed by atoms with Crippen molar-refractivity contribution in [2.75, 3.05) is 0 Å². The summed E-state index contributed by atoms with van der Waals surface area (Å²) in [6.45, 7) is 6.44.